The van der Waals surface area contributed by atoms with Gasteiger partial charge in [0.1, 0.15) is 0 Å². The Kier molecular flexibility index (Phi) is 4.87. The van der Waals surface area contributed by atoms with Gasteiger partial charge in [-0.3, -0.25) is 4.99 Å². The minimum Gasteiger partial charge on any atom is -0.494 e. The predicted octanol–water partition coefficient (Wildman–Crippen LogP) is 2.91. The third-order valence-electron chi connectivity index (χ3n) is 5.16. The topological polar surface area (TPSA) is 70.8 Å². The van der Waals surface area contributed by atoms with E-state index in [1.165, 1.54) is 0 Å². The zero-order valence-electron chi connectivity index (χ0n) is 15.6. The Morgan fingerprint density at radius 1 is 1.31 bits per heavy atom. The van der Waals surface area contributed by atoms with Gasteiger partial charge in [-0.2, -0.15) is 0 Å². The first-order valence-corrected chi connectivity index (χ1v) is 9.60. The summed E-state index contributed by atoms with van der Waals surface area (Å²) in [5.41, 5.74) is 3.98. The van der Waals surface area contributed by atoms with Crippen LogP contribution in [0.4, 0.5) is 5.69 Å². The molecule has 3 N–H and O–H groups in total. The number of benzene rings is 1. The molecule has 2 aliphatic rings. The second-order valence-corrected chi connectivity index (χ2v) is 7.45. The highest BCUT2D eigenvalue weighted by atomic mass is 16.5. The summed E-state index contributed by atoms with van der Waals surface area (Å²) in [4.78, 5) is 4.70. The average Bonchev–Trinajstić information content (AvgIpc) is 2.94. The Bertz CT molecular complexity index is 819. The zero-order valence-corrected chi connectivity index (χ0v) is 15.6. The van der Waals surface area contributed by atoms with Gasteiger partial charge in [0.25, 0.3) is 0 Å². The number of hydrogen-bond acceptors (Lipinski definition) is 5. The normalized spacial score (nSPS) is 19.1. The van der Waals surface area contributed by atoms with Crippen molar-refractivity contribution < 1.29 is 9.84 Å². The maximum absolute atomic E-state index is 11.2. The monoisotopic (exact) mass is 356 g/mol. The average molecular weight is 356 g/mol. The van der Waals surface area contributed by atoms with E-state index in [1.54, 1.807) is 0 Å². The highest BCUT2D eigenvalue weighted by molar-refractivity contribution is 6.15. The standard InChI is InChI=1S/C20H28N4O2/c1-13(2)23-14-3-4-18-16(11-14)19(17-12-21-7-8-22-17)20(25)24(18)15-5-9-26-10-6-15/h3-4,11,13,15,21,23,25H,5-10,12H2,1-2H3. The van der Waals surface area contributed by atoms with Gasteiger partial charge in [-0.25, -0.2) is 0 Å². The van der Waals surface area contributed by atoms with E-state index in [-0.39, 0.29) is 6.04 Å². The van der Waals surface area contributed by atoms with Crippen molar-refractivity contribution in [3.05, 3.63) is 23.8 Å². The van der Waals surface area contributed by atoms with E-state index in [0.29, 0.717) is 18.5 Å². The molecule has 26 heavy (non-hydrogen) atoms. The highest BCUT2D eigenvalue weighted by Gasteiger charge is 2.27. The molecule has 1 saturated heterocycles. The largest absolute Gasteiger partial charge is 0.494 e. The molecule has 3 heterocycles. The third kappa shape index (κ3) is 3.19. The molecule has 0 radical (unpaired) electrons. The molecule has 0 saturated carbocycles. The molecule has 2 aromatic rings. The summed E-state index contributed by atoms with van der Waals surface area (Å²) in [6.07, 6.45) is 1.85. The van der Waals surface area contributed by atoms with Crippen LogP contribution in [0, 0.1) is 0 Å². The van der Waals surface area contributed by atoms with E-state index in [1.807, 2.05) is 0 Å². The minimum absolute atomic E-state index is 0.265. The smallest absolute Gasteiger partial charge is 0.201 e. The molecule has 4 rings (SSSR count). The Morgan fingerprint density at radius 2 is 2.12 bits per heavy atom. The maximum atomic E-state index is 11.2. The van der Waals surface area contributed by atoms with E-state index < -0.39 is 0 Å². The summed E-state index contributed by atoms with van der Waals surface area (Å²) in [7, 11) is 0. The fourth-order valence-electron chi connectivity index (χ4n) is 4.02. The van der Waals surface area contributed by atoms with E-state index in [4.69, 9.17) is 9.73 Å². The number of fused-ring (bicyclic) bond motifs is 1. The van der Waals surface area contributed by atoms with Crippen LogP contribution in [0.25, 0.3) is 10.9 Å². The lowest BCUT2D eigenvalue weighted by molar-refractivity contribution is 0.0688. The van der Waals surface area contributed by atoms with Gasteiger partial charge in [0.15, 0.2) is 0 Å². The van der Waals surface area contributed by atoms with Crippen LogP contribution in [0.5, 0.6) is 5.88 Å². The molecule has 140 valence electrons. The number of aliphatic imine (C=N–C) groups is 1. The predicted molar refractivity (Wildman–Crippen MR) is 106 cm³/mol. The lowest BCUT2D eigenvalue weighted by atomic mass is 10.1. The quantitative estimate of drug-likeness (QED) is 0.788. The Balaban J connectivity index is 1.88. The van der Waals surface area contributed by atoms with Crippen molar-refractivity contribution in [2.75, 3.05) is 38.2 Å². The Hall–Kier alpha value is -2.05. The SMILES string of the molecule is CC(C)Nc1ccc2c(c1)c(C1=NCCNC1)c(O)n2C1CCOCC1. The van der Waals surface area contributed by atoms with Crippen LogP contribution in [0.1, 0.15) is 38.3 Å². The van der Waals surface area contributed by atoms with Gasteiger partial charge in [-0.05, 0) is 44.9 Å². The second kappa shape index (κ2) is 7.29. The zero-order chi connectivity index (χ0) is 18.1. The molecule has 6 heteroatoms. The fraction of sp³-hybridized carbons (Fsp3) is 0.550. The number of hydrogen-bond donors (Lipinski definition) is 3. The summed E-state index contributed by atoms with van der Waals surface area (Å²) in [6, 6.07) is 6.99. The summed E-state index contributed by atoms with van der Waals surface area (Å²) in [5, 5.41) is 19.1. The van der Waals surface area contributed by atoms with Gasteiger partial charge in [0.05, 0.1) is 23.3 Å². The number of nitrogens with zero attached hydrogens (tertiary/aromatic N) is 2. The molecule has 0 spiro atoms. The molecule has 0 amide bonds. The molecule has 2 aliphatic heterocycles. The van der Waals surface area contributed by atoms with E-state index >= 15 is 0 Å². The fourth-order valence-corrected chi connectivity index (χ4v) is 4.02. The van der Waals surface area contributed by atoms with Gasteiger partial charge in [0.2, 0.25) is 5.88 Å². The molecule has 1 aromatic heterocycles. The number of aromatic hydroxyl groups is 1. The second-order valence-electron chi connectivity index (χ2n) is 7.45. The summed E-state index contributed by atoms with van der Waals surface area (Å²) < 4.78 is 7.62. The summed E-state index contributed by atoms with van der Waals surface area (Å²) in [6.45, 7) is 8.09. The van der Waals surface area contributed by atoms with Gasteiger partial charge in [-0.1, -0.05) is 0 Å². The number of anilines is 1. The maximum Gasteiger partial charge on any atom is 0.201 e. The molecule has 0 aliphatic carbocycles. The lowest BCUT2D eigenvalue weighted by Crippen LogP contribution is -2.31. The van der Waals surface area contributed by atoms with E-state index in [9.17, 15) is 5.11 Å². The number of aromatic nitrogens is 1. The van der Waals surface area contributed by atoms with Crippen molar-refractivity contribution in [3.8, 4) is 5.88 Å². The summed E-state index contributed by atoms with van der Waals surface area (Å²) in [5.74, 6) is 0.344. The highest BCUT2D eigenvalue weighted by Crippen LogP contribution is 2.39. The van der Waals surface area contributed by atoms with Crippen LogP contribution in [0.3, 0.4) is 0 Å². The van der Waals surface area contributed by atoms with Gasteiger partial charge in [-0.15, -0.1) is 0 Å². The first-order chi connectivity index (χ1) is 12.6. The van der Waals surface area contributed by atoms with Gasteiger partial charge >= 0.3 is 0 Å². The molecular weight excluding hydrogens is 328 g/mol. The number of nitrogens with one attached hydrogen (secondary N) is 2. The van der Waals surface area contributed by atoms with Crippen molar-refractivity contribution in [2.24, 2.45) is 4.99 Å². The van der Waals surface area contributed by atoms with Crippen molar-refractivity contribution in [3.63, 3.8) is 0 Å². The van der Waals surface area contributed by atoms with Gasteiger partial charge < -0.3 is 25.0 Å². The van der Waals surface area contributed by atoms with E-state index in [0.717, 1.165) is 67.0 Å². The molecule has 1 fully saturated rings. The lowest BCUT2D eigenvalue weighted by Gasteiger charge is -2.25. The van der Waals surface area contributed by atoms with Crippen LogP contribution in [0.2, 0.25) is 0 Å². The molecule has 0 atom stereocenters. The summed E-state index contributed by atoms with van der Waals surface area (Å²) >= 11 is 0. The first kappa shape index (κ1) is 17.4. The van der Waals surface area contributed by atoms with Crippen LogP contribution in [-0.2, 0) is 4.74 Å². The number of rotatable bonds is 4. The van der Waals surface area contributed by atoms with Crippen molar-refractivity contribution in [1.29, 1.82) is 0 Å². The van der Waals surface area contributed by atoms with Crippen molar-refractivity contribution >= 4 is 22.3 Å². The van der Waals surface area contributed by atoms with Crippen molar-refractivity contribution in [2.45, 2.75) is 38.8 Å². The Morgan fingerprint density at radius 3 is 2.81 bits per heavy atom. The molecule has 0 bridgehead atoms. The number of ether oxygens (including phenoxy) is 1. The van der Waals surface area contributed by atoms with Crippen LogP contribution < -0.4 is 10.6 Å². The third-order valence-corrected chi connectivity index (χ3v) is 5.16. The van der Waals surface area contributed by atoms with Crippen LogP contribution in [0.15, 0.2) is 23.2 Å². The van der Waals surface area contributed by atoms with Crippen LogP contribution >= 0.6 is 0 Å². The molecular formula is C20H28N4O2. The minimum atomic E-state index is 0.265. The first-order valence-electron chi connectivity index (χ1n) is 9.60. The van der Waals surface area contributed by atoms with E-state index in [2.05, 4.69) is 47.2 Å². The van der Waals surface area contributed by atoms with Gasteiger partial charge in [0, 0.05) is 49.5 Å². The molecule has 1 aromatic carbocycles. The Labute approximate surface area is 154 Å². The van der Waals surface area contributed by atoms with Crippen LogP contribution in [-0.4, -0.2) is 54.3 Å². The molecule has 6 nitrogen and oxygen atoms in total. The van der Waals surface area contributed by atoms with Crippen molar-refractivity contribution in [1.82, 2.24) is 9.88 Å². The molecule has 0 unspecified atom stereocenters.